The summed E-state index contributed by atoms with van der Waals surface area (Å²) in [7, 11) is 1.71. The van der Waals surface area contributed by atoms with Crippen molar-refractivity contribution in [2.75, 3.05) is 33.5 Å². The molecule has 0 unspecified atom stereocenters. The third kappa shape index (κ3) is 4.62. The summed E-state index contributed by atoms with van der Waals surface area (Å²) in [4.78, 5) is 11.3. The topological polar surface area (TPSA) is 47.6 Å². The van der Waals surface area contributed by atoms with Crippen LogP contribution in [0.15, 0.2) is 0 Å². The van der Waals surface area contributed by atoms with Crippen molar-refractivity contribution in [3.63, 3.8) is 0 Å². The van der Waals surface area contributed by atoms with Crippen LogP contribution < -0.4 is 5.32 Å². The largest absolute Gasteiger partial charge is 0.385 e. The fourth-order valence-corrected chi connectivity index (χ4v) is 1.54. The molecule has 1 rings (SSSR count). The Kier molecular flexibility index (Phi) is 5.05. The highest BCUT2D eigenvalue weighted by molar-refractivity contribution is 5.77. The quantitative estimate of drug-likeness (QED) is 0.656. The Morgan fingerprint density at radius 3 is 2.73 bits per heavy atom. The average Bonchev–Trinajstić information content (AvgIpc) is 3.01. The second-order valence-corrected chi connectivity index (χ2v) is 4.16. The lowest BCUT2D eigenvalue weighted by atomic mass is 10.0. The standard InChI is InChI=1S/C11H21NO3/c1-3-15-8-10(13)12-9-11(4-5-11)6-7-14-2/h3-9H2,1-2H3,(H,12,13). The fourth-order valence-electron chi connectivity index (χ4n) is 1.54. The Labute approximate surface area is 91.3 Å². The Hall–Kier alpha value is -0.610. The minimum atomic E-state index is -0.0134. The van der Waals surface area contributed by atoms with Gasteiger partial charge in [-0.15, -0.1) is 0 Å². The lowest BCUT2D eigenvalue weighted by Crippen LogP contribution is -2.33. The predicted molar refractivity (Wildman–Crippen MR) is 57.7 cm³/mol. The highest BCUT2D eigenvalue weighted by Crippen LogP contribution is 2.48. The molecule has 0 saturated heterocycles. The zero-order valence-corrected chi connectivity index (χ0v) is 9.67. The molecule has 1 N–H and O–H groups in total. The minimum absolute atomic E-state index is 0.0134. The van der Waals surface area contributed by atoms with Crippen LogP contribution >= 0.6 is 0 Å². The number of methoxy groups -OCH3 is 1. The van der Waals surface area contributed by atoms with Crippen molar-refractivity contribution in [2.45, 2.75) is 26.2 Å². The van der Waals surface area contributed by atoms with Gasteiger partial charge in [-0.1, -0.05) is 0 Å². The van der Waals surface area contributed by atoms with E-state index in [4.69, 9.17) is 9.47 Å². The Bertz CT molecular complexity index is 202. The summed E-state index contributed by atoms with van der Waals surface area (Å²) in [5, 5.41) is 2.91. The van der Waals surface area contributed by atoms with Crippen molar-refractivity contribution >= 4 is 5.91 Å². The molecule has 0 radical (unpaired) electrons. The van der Waals surface area contributed by atoms with Gasteiger partial charge in [-0.3, -0.25) is 4.79 Å². The molecule has 0 bridgehead atoms. The molecule has 0 atom stereocenters. The highest BCUT2D eigenvalue weighted by Gasteiger charge is 2.41. The van der Waals surface area contributed by atoms with Gasteiger partial charge in [0.25, 0.3) is 0 Å². The predicted octanol–water partition coefficient (Wildman–Crippen LogP) is 0.956. The van der Waals surface area contributed by atoms with Crippen molar-refractivity contribution in [3.8, 4) is 0 Å². The second kappa shape index (κ2) is 6.08. The van der Waals surface area contributed by atoms with E-state index in [1.165, 1.54) is 12.8 Å². The van der Waals surface area contributed by atoms with Gasteiger partial charge in [0.15, 0.2) is 0 Å². The van der Waals surface area contributed by atoms with E-state index in [0.717, 1.165) is 19.6 Å². The number of carbonyl (C=O) groups excluding carboxylic acids is 1. The molecule has 0 aromatic heterocycles. The smallest absolute Gasteiger partial charge is 0.246 e. The van der Waals surface area contributed by atoms with Gasteiger partial charge in [0, 0.05) is 26.9 Å². The molecule has 0 spiro atoms. The van der Waals surface area contributed by atoms with Gasteiger partial charge in [0.1, 0.15) is 6.61 Å². The van der Waals surface area contributed by atoms with Crippen LogP contribution in [0.5, 0.6) is 0 Å². The van der Waals surface area contributed by atoms with Crippen molar-refractivity contribution < 1.29 is 14.3 Å². The van der Waals surface area contributed by atoms with Gasteiger partial charge in [-0.25, -0.2) is 0 Å². The SMILES string of the molecule is CCOCC(=O)NCC1(CCOC)CC1. The number of ether oxygens (including phenoxy) is 2. The molecular weight excluding hydrogens is 194 g/mol. The van der Waals surface area contributed by atoms with Gasteiger partial charge in [-0.2, -0.15) is 0 Å². The molecule has 1 fully saturated rings. The molecular formula is C11H21NO3. The van der Waals surface area contributed by atoms with Crippen LogP contribution in [0.1, 0.15) is 26.2 Å². The van der Waals surface area contributed by atoms with E-state index < -0.39 is 0 Å². The first kappa shape index (κ1) is 12.5. The summed E-state index contributed by atoms with van der Waals surface area (Å²) in [5.74, 6) is -0.0134. The molecule has 1 aliphatic carbocycles. The number of nitrogens with one attached hydrogen (secondary N) is 1. The molecule has 88 valence electrons. The maximum absolute atomic E-state index is 11.3. The summed E-state index contributed by atoms with van der Waals surface area (Å²) in [6, 6.07) is 0. The summed E-state index contributed by atoms with van der Waals surface area (Å²) in [5.41, 5.74) is 0.317. The van der Waals surface area contributed by atoms with Gasteiger partial charge in [0.2, 0.25) is 5.91 Å². The van der Waals surface area contributed by atoms with Crippen molar-refractivity contribution in [1.82, 2.24) is 5.32 Å². The van der Waals surface area contributed by atoms with Crippen LogP contribution in [-0.4, -0.2) is 39.4 Å². The van der Waals surface area contributed by atoms with E-state index in [1.807, 2.05) is 6.92 Å². The second-order valence-electron chi connectivity index (χ2n) is 4.16. The number of hydrogen-bond acceptors (Lipinski definition) is 3. The van der Waals surface area contributed by atoms with Crippen molar-refractivity contribution in [2.24, 2.45) is 5.41 Å². The van der Waals surface area contributed by atoms with E-state index in [-0.39, 0.29) is 12.5 Å². The Morgan fingerprint density at radius 2 is 2.20 bits per heavy atom. The van der Waals surface area contributed by atoms with Crippen molar-refractivity contribution in [3.05, 3.63) is 0 Å². The first-order valence-corrected chi connectivity index (χ1v) is 5.56. The number of amides is 1. The summed E-state index contributed by atoms with van der Waals surface area (Å²) < 4.78 is 10.1. The number of carbonyl (C=O) groups is 1. The number of hydrogen-bond donors (Lipinski definition) is 1. The molecule has 4 heteroatoms. The third-order valence-corrected chi connectivity index (χ3v) is 2.89. The zero-order valence-electron chi connectivity index (χ0n) is 9.67. The molecule has 1 amide bonds. The van der Waals surface area contributed by atoms with Crippen molar-refractivity contribution in [1.29, 1.82) is 0 Å². The average molecular weight is 215 g/mol. The molecule has 15 heavy (non-hydrogen) atoms. The maximum atomic E-state index is 11.3. The highest BCUT2D eigenvalue weighted by atomic mass is 16.5. The third-order valence-electron chi connectivity index (χ3n) is 2.89. The van der Waals surface area contributed by atoms with Gasteiger partial charge < -0.3 is 14.8 Å². The van der Waals surface area contributed by atoms with Gasteiger partial charge >= 0.3 is 0 Å². The van der Waals surface area contributed by atoms with Gasteiger partial charge in [-0.05, 0) is 31.6 Å². The number of rotatable bonds is 8. The molecule has 0 heterocycles. The van der Waals surface area contributed by atoms with E-state index in [2.05, 4.69) is 5.32 Å². The van der Waals surface area contributed by atoms with Crippen LogP contribution in [0, 0.1) is 5.41 Å². The Balaban J connectivity index is 2.10. The van der Waals surface area contributed by atoms with Crippen LogP contribution in [0.3, 0.4) is 0 Å². The van der Waals surface area contributed by atoms with E-state index in [1.54, 1.807) is 7.11 Å². The minimum Gasteiger partial charge on any atom is -0.385 e. The molecule has 4 nitrogen and oxygen atoms in total. The fraction of sp³-hybridized carbons (Fsp3) is 0.909. The van der Waals surface area contributed by atoms with E-state index in [9.17, 15) is 4.79 Å². The monoisotopic (exact) mass is 215 g/mol. The lowest BCUT2D eigenvalue weighted by Gasteiger charge is -2.15. The summed E-state index contributed by atoms with van der Waals surface area (Å²) in [6.07, 6.45) is 3.44. The van der Waals surface area contributed by atoms with Crippen LogP contribution in [0.2, 0.25) is 0 Å². The summed E-state index contributed by atoms with van der Waals surface area (Å²) >= 11 is 0. The van der Waals surface area contributed by atoms with E-state index in [0.29, 0.717) is 12.0 Å². The molecule has 1 aliphatic rings. The molecule has 0 aromatic rings. The molecule has 0 aliphatic heterocycles. The van der Waals surface area contributed by atoms with Crippen LogP contribution in [0.4, 0.5) is 0 Å². The van der Waals surface area contributed by atoms with Crippen LogP contribution in [-0.2, 0) is 14.3 Å². The van der Waals surface area contributed by atoms with E-state index >= 15 is 0 Å². The molecule has 0 aromatic carbocycles. The normalized spacial score (nSPS) is 17.5. The van der Waals surface area contributed by atoms with Crippen LogP contribution in [0.25, 0.3) is 0 Å². The summed E-state index contributed by atoms with van der Waals surface area (Å²) in [6.45, 7) is 4.19. The maximum Gasteiger partial charge on any atom is 0.246 e. The van der Waals surface area contributed by atoms with Gasteiger partial charge in [0.05, 0.1) is 0 Å². The molecule has 1 saturated carbocycles. The zero-order chi connectivity index (χ0) is 11.1. The first-order valence-electron chi connectivity index (χ1n) is 5.56. The lowest BCUT2D eigenvalue weighted by molar-refractivity contribution is -0.125. The Morgan fingerprint density at radius 1 is 1.47 bits per heavy atom. The first-order chi connectivity index (χ1) is 7.22.